The van der Waals surface area contributed by atoms with Crippen molar-refractivity contribution in [2.45, 2.75) is 50.7 Å². The van der Waals surface area contributed by atoms with Gasteiger partial charge in [-0.05, 0) is 30.7 Å². The topological polar surface area (TPSA) is 75.5 Å². The molecule has 1 aromatic rings. The minimum atomic E-state index is -0.286. The number of fused-ring (bicyclic) bond motifs is 1. The molecule has 0 spiro atoms. The number of benzene rings is 1. The van der Waals surface area contributed by atoms with E-state index in [1.165, 1.54) is 24.8 Å². The van der Waals surface area contributed by atoms with E-state index in [2.05, 4.69) is 6.07 Å². The minimum Gasteiger partial charge on any atom is -0.403 e. The lowest BCUT2D eigenvalue weighted by molar-refractivity contribution is 0.0566. The number of rotatable bonds is 3. The highest BCUT2D eigenvalue weighted by Crippen LogP contribution is 2.42. The van der Waals surface area contributed by atoms with Gasteiger partial charge in [0.1, 0.15) is 0 Å². The fourth-order valence-corrected chi connectivity index (χ4v) is 3.83. The number of hydrogen-bond donors (Lipinski definition) is 3. The van der Waals surface area contributed by atoms with Crippen LogP contribution in [0.2, 0.25) is 0 Å². The van der Waals surface area contributed by atoms with Crippen molar-refractivity contribution in [1.29, 1.82) is 0 Å². The third-order valence-corrected chi connectivity index (χ3v) is 5.03. The van der Waals surface area contributed by atoms with Gasteiger partial charge in [0.25, 0.3) is 0 Å². The molecule has 1 fully saturated rings. The van der Waals surface area contributed by atoms with Gasteiger partial charge in [0.05, 0.1) is 17.8 Å². The van der Waals surface area contributed by atoms with Crippen LogP contribution < -0.4 is 11.6 Å². The van der Waals surface area contributed by atoms with Crippen molar-refractivity contribution in [3.63, 3.8) is 0 Å². The number of hydrazine groups is 1. The average Bonchev–Trinajstić information content (AvgIpc) is 2.80. The zero-order valence-corrected chi connectivity index (χ0v) is 12.4. The van der Waals surface area contributed by atoms with Crippen LogP contribution in [0.5, 0.6) is 0 Å². The molecule has 0 radical (unpaired) electrons. The summed E-state index contributed by atoms with van der Waals surface area (Å²) in [5, 5.41) is 12.3. The molecule has 5 N–H and O–H groups in total. The van der Waals surface area contributed by atoms with Crippen LogP contribution in [0.3, 0.4) is 0 Å². The molecule has 1 heterocycles. The van der Waals surface area contributed by atoms with Crippen molar-refractivity contribution in [2.24, 2.45) is 17.5 Å². The van der Waals surface area contributed by atoms with Crippen LogP contribution in [0.4, 0.5) is 0 Å². The van der Waals surface area contributed by atoms with Crippen LogP contribution in [-0.2, 0) is 0 Å². The summed E-state index contributed by atoms with van der Waals surface area (Å²) in [5.74, 6) is 6.66. The van der Waals surface area contributed by atoms with E-state index in [0.29, 0.717) is 12.3 Å². The second kappa shape index (κ2) is 6.08. The summed E-state index contributed by atoms with van der Waals surface area (Å²) in [5.41, 5.74) is 8.84. The number of nitrogens with zero attached hydrogens (tertiary/aromatic N) is 1. The molecule has 114 valence electrons. The van der Waals surface area contributed by atoms with Gasteiger partial charge < -0.3 is 15.8 Å². The lowest BCUT2D eigenvalue weighted by Gasteiger charge is -2.31. The molecule has 4 nitrogen and oxygen atoms in total. The monoisotopic (exact) mass is 287 g/mol. The first-order valence-corrected chi connectivity index (χ1v) is 7.95. The molecule has 3 rings (SSSR count). The molecule has 0 aromatic heterocycles. The predicted octanol–water partition coefficient (Wildman–Crippen LogP) is 2.51. The van der Waals surface area contributed by atoms with E-state index >= 15 is 0 Å². The van der Waals surface area contributed by atoms with Crippen LogP contribution in [-0.4, -0.2) is 16.2 Å². The summed E-state index contributed by atoms with van der Waals surface area (Å²) < 4.78 is 0. The van der Waals surface area contributed by atoms with Crippen molar-refractivity contribution >= 4 is 5.70 Å². The van der Waals surface area contributed by atoms with E-state index in [4.69, 9.17) is 11.6 Å². The Bertz CT molecular complexity index is 523. The Labute approximate surface area is 126 Å². The molecule has 2 unspecified atom stereocenters. The molecule has 0 amide bonds. The Morgan fingerprint density at radius 2 is 1.95 bits per heavy atom. The molecule has 1 aliphatic heterocycles. The van der Waals surface area contributed by atoms with Crippen LogP contribution >= 0.6 is 0 Å². The molecule has 2 atom stereocenters. The summed E-state index contributed by atoms with van der Waals surface area (Å²) in [7, 11) is 0. The third-order valence-electron chi connectivity index (χ3n) is 5.03. The predicted molar refractivity (Wildman–Crippen MR) is 84.6 cm³/mol. The van der Waals surface area contributed by atoms with Gasteiger partial charge in [-0.25, -0.2) is 5.84 Å². The van der Waals surface area contributed by atoms with Crippen molar-refractivity contribution in [3.05, 3.63) is 41.6 Å². The smallest absolute Gasteiger partial charge is 0.0754 e. The normalized spacial score (nSPS) is 26.1. The molecule has 1 aliphatic carbocycles. The van der Waals surface area contributed by atoms with Gasteiger partial charge in [-0.15, -0.1) is 0 Å². The number of hydrogen-bond acceptors (Lipinski definition) is 4. The summed E-state index contributed by atoms with van der Waals surface area (Å²) in [6.07, 6.45) is 8.01. The highest BCUT2D eigenvalue weighted by atomic mass is 16.3. The highest BCUT2D eigenvalue weighted by molar-refractivity contribution is 5.71. The fraction of sp³-hybridized carbons (Fsp3) is 0.529. The van der Waals surface area contributed by atoms with E-state index in [9.17, 15) is 5.11 Å². The third kappa shape index (κ3) is 2.65. The first-order chi connectivity index (χ1) is 10.2. The van der Waals surface area contributed by atoms with Crippen molar-refractivity contribution in [3.8, 4) is 0 Å². The second-order valence-corrected chi connectivity index (χ2v) is 6.26. The van der Waals surface area contributed by atoms with Gasteiger partial charge in [-0.3, -0.25) is 0 Å². The Balaban J connectivity index is 1.79. The highest BCUT2D eigenvalue weighted by Gasteiger charge is 2.34. The van der Waals surface area contributed by atoms with Gasteiger partial charge in [-0.2, -0.15) is 0 Å². The molecule has 1 aromatic carbocycles. The Morgan fingerprint density at radius 1 is 1.24 bits per heavy atom. The number of aliphatic hydroxyl groups is 1. The summed E-state index contributed by atoms with van der Waals surface area (Å²) in [6, 6.07) is 8.17. The summed E-state index contributed by atoms with van der Waals surface area (Å²) in [4.78, 5) is 0. The quantitative estimate of drug-likeness (QED) is 0.747. The van der Waals surface area contributed by atoms with Crippen molar-refractivity contribution < 1.29 is 5.11 Å². The second-order valence-electron chi connectivity index (χ2n) is 6.26. The lowest BCUT2D eigenvalue weighted by atomic mass is 9.82. The molecule has 1 saturated carbocycles. The van der Waals surface area contributed by atoms with E-state index in [1.807, 2.05) is 18.2 Å². The maximum absolute atomic E-state index is 10.6. The fourth-order valence-electron chi connectivity index (χ4n) is 3.83. The van der Waals surface area contributed by atoms with Gasteiger partial charge in [0, 0.05) is 11.8 Å². The van der Waals surface area contributed by atoms with Crippen LogP contribution in [0, 0.1) is 5.92 Å². The van der Waals surface area contributed by atoms with E-state index in [1.54, 1.807) is 11.2 Å². The lowest BCUT2D eigenvalue weighted by Crippen LogP contribution is -2.33. The number of nitrogens with two attached hydrogens (primary N) is 2. The molecule has 21 heavy (non-hydrogen) atoms. The Kier molecular flexibility index (Phi) is 4.17. The van der Waals surface area contributed by atoms with Crippen molar-refractivity contribution in [1.82, 2.24) is 5.01 Å². The van der Waals surface area contributed by atoms with E-state index in [0.717, 1.165) is 24.1 Å². The van der Waals surface area contributed by atoms with Crippen LogP contribution in [0.15, 0.2) is 30.5 Å². The zero-order chi connectivity index (χ0) is 14.8. The minimum absolute atomic E-state index is 0.0212. The van der Waals surface area contributed by atoms with E-state index < -0.39 is 0 Å². The van der Waals surface area contributed by atoms with Crippen LogP contribution in [0.25, 0.3) is 5.70 Å². The molecule has 0 saturated heterocycles. The molecular formula is C17H25N3O. The standard InChI is InChI=1S/C17H25N3O/c18-11-16-14-9-5-4-8-13(14)15(20(16)19)10-17(21)12-6-2-1-3-7-12/h4-5,8-9,11-12,15,17,21H,1-3,6-7,10,18-19H2/b16-11-. The van der Waals surface area contributed by atoms with Crippen molar-refractivity contribution in [2.75, 3.05) is 0 Å². The maximum Gasteiger partial charge on any atom is 0.0754 e. The molecule has 2 aliphatic rings. The molecule has 0 bridgehead atoms. The molecule has 4 heteroatoms. The van der Waals surface area contributed by atoms with Gasteiger partial charge >= 0.3 is 0 Å². The van der Waals surface area contributed by atoms with E-state index in [-0.39, 0.29) is 12.1 Å². The summed E-state index contributed by atoms with van der Waals surface area (Å²) >= 11 is 0. The number of aliphatic hydroxyl groups excluding tert-OH is 1. The Morgan fingerprint density at radius 3 is 2.67 bits per heavy atom. The maximum atomic E-state index is 10.6. The van der Waals surface area contributed by atoms with Crippen LogP contribution in [0.1, 0.15) is 55.7 Å². The SMILES string of the molecule is N/C=C1/c2ccccc2C(CC(O)C2CCCCC2)N1N. The summed E-state index contributed by atoms with van der Waals surface area (Å²) in [6.45, 7) is 0. The molecular weight excluding hydrogens is 262 g/mol. The zero-order valence-electron chi connectivity index (χ0n) is 12.4. The van der Waals surface area contributed by atoms with Gasteiger partial charge in [-0.1, -0.05) is 43.5 Å². The first-order valence-electron chi connectivity index (χ1n) is 7.95. The Hall–Kier alpha value is -1.52. The first kappa shape index (κ1) is 14.4. The largest absolute Gasteiger partial charge is 0.403 e. The van der Waals surface area contributed by atoms with Gasteiger partial charge in [0.15, 0.2) is 0 Å². The average molecular weight is 287 g/mol. The van der Waals surface area contributed by atoms with Gasteiger partial charge in [0.2, 0.25) is 0 Å².